The fourth-order valence-corrected chi connectivity index (χ4v) is 2.59. The summed E-state index contributed by atoms with van der Waals surface area (Å²) in [5.74, 6) is 7.25. The van der Waals surface area contributed by atoms with Gasteiger partial charge in [0.1, 0.15) is 5.82 Å². The second kappa shape index (κ2) is 7.36. The van der Waals surface area contributed by atoms with Crippen molar-refractivity contribution in [2.45, 2.75) is 18.8 Å². The Morgan fingerprint density at radius 2 is 1.86 bits per heavy atom. The molecule has 9 heteroatoms. The number of pyridine rings is 1. The van der Waals surface area contributed by atoms with Crippen molar-refractivity contribution in [3.05, 3.63) is 53.7 Å². The zero-order valence-electron chi connectivity index (χ0n) is 15.2. The number of nitrogen functional groups attached to an aromatic ring is 1. The van der Waals surface area contributed by atoms with Crippen molar-refractivity contribution in [1.29, 1.82) is 0 Å². The number of nitrogens with two attached hydrogens (primary N) is 1. The number of amides is 2. The van der Waals surface area contributed by atoms with Gasteiger partial charge in [0.15, 0.2) is 0 Å². The SMILES string of the molecule is Cn1nc(C2CC2)cc1NC(=O)Nc1cncc(C#Cc2cnc(N)nc2)c1. The van der Waals surface area contributed by atoms with Crippen LogP contribution in [-0.2, 0) is 7.05 Å². The summed E-state index contributed by atoms with van der Waals surface area (Å²) in [5.41, 5.74) is 8.28. The quantitative estimate of drug-likeness (QED) is 0.603. The van der Waals surface area contributed by atoms with Crippen LogP contribution in [0.5, 0.6) is 0 Å². The van der Waals surface area contributed by atoms with Crippen LogP contribution >= 0.6 is 0 Å². The number of hydrogen-bond donors (Lipinski definition) is 3. The summed E-state index contributed by atoms with van der Waals surface area (Å²) in [6.45, 7) is 0. The highest BCUT2D eigenvalue weighted by atomic mass is 16.2. The highest BCUT2D eigenvalue weighted by Gasteiger charge is 2.27. The molecule has 3 heterocycles. The van der Waals surface area contributed by atoms with Crippen molar-refractivity contribution in [2.75, 3.05) is 16.4 Å². The summed E-state index contributed by atoms with van der Waals surface area (Å²) in [4.78, 5) is 24.2. The van der Waals surface area contributed by atoms with Gasteiger partial charge in [-0.05, 0) is 18.9 Å². The van der Waals surface area contributed by atoms with Crippen molar-refractivity contribution in [1.82, 2.24) is 24.7 Å². The Morgan fingerprint density at radius 3 is 2.61 bits per heavy atom. The van der Waals surface area contributed by atoms with Crippen molar-refractivity contribution in [2.24, 2.45) is 7.05 Å². The molecule has 1 fully saturated rings. The number of carbonyl (C=O) groups is 1. The largest absolute Gasteiger partial charge is 0.368 e. The Bertz CT molecular complexity index is 1070. The molecule has 1 aliphatic carbocycles. The molecule has 0 unspecified atom stereocenters. The third kappa shape index (κ3) is 4.24. The van der Waals surface area contributed by atoms with E-state index in [9.17, 15) is 4.79 Å². The van der Waals surface area contributed by atoms with Crippen molar-refractivity contribution in [3.63, 3.8) is 0 Å². The summed E-state index contributed by atoms with van der Waals surface area (Å²) in [7, 11) is 1.81. The first kappa shape index (κ1) is 17.5. The summed E-state index contributed by atoms with van der Waals surface area (Å²) >= 11 is 0. The van der Waals surface area contributed by atoms with Gasteiger partial charge in [-0.1, -0.05) is 11.8 Å². The average Bonchev–Trinajstić information content (AvgIpc) is 3.46. The van der Waals surface area contributed by atoms with Gasteiger partial charge in [0.25, 0.3) is 0 Å². The topological polar surface area (TPSA) is 124 Å². The van der Waals surface area contributed by atoms with Crippen LogP contribution in [0.15, 0.2) is 36.9 Å². The van der Waals surface area contributed by atoms with Gasteiger partial charge < -0.3 is 11.1 Å². The summed E-state index contributed by atoms with van der Waals surface area (Å²) in [6.07, 6.45) is 8.56. The predicted octanol–water partition coefficient (Wildman–Crippen LogP) is 2.11. The molecule has 0 aliphatic heterocycles. The van der Waals surface area contributed by atoms with Crippen molar-refractivity contribution >= 4 is 23.5 Å². The minimum Gasteiger partial charge on any atom is -0.368 e. The van der Waals surface area contributed by atoms with E-state index in [4.69, 9.17) is 5.73 Å². The van der Waals surface area contributed by atoms with Gasteiger partial charge in [-0.15, -0.1) is 0 Å². The van der Waals surface area contributed by atoms with Gasteiger partial charge in [0.2, 0.25) is 5.95 Å². The maximum Gasteiger partial charge on any atom is 0.324 e. The van der Waals surface area contributed by atoms with E-state index in [-0.39, 0.29) is 12.0 Å². The molecule has 3 aromatic heterocycles. The number of hydrogen-bond acceptors (Lipinski definition) is 6. The second-order valence-electron chi connectivity index (χ2n) is 6.47. The Balaban J connectivity index is 1.41. The summed E-state index contributed by atoms with van der Waals surface area (Å²) < 4.78 is 1.67. The number of urea groups is 1. The number of aromatic nitrogens is 5. The van der Waals surface area contributed by atoms with Gasteiger partial charge in [0, 0.05) is 43.2 Å². The lowest BCUT2D eigenvalue weighted by molar-refractivity contribution is 0.262. The Labute approximate surface area is 161 Å². The van der Waals surface area contributed by atoms with Crippen molar-refractivity contribution in [3.8, 4) is 11.8 Å². The van der Waals surface area contributed by atoms with Gasteiger partial charge in [0.05, 0.1) is 23.1 Å². The molecule has 140 valence electrons. The third-order valence-corrected chi connectivity index (χ3v) is 4.16. The molecule has 4 rings (SSSR count). The number of aryl methyl sites for hydroxylation is 1. The van der Waals surface area contributed by atoms with Crippen LogP contribution in [0.1, 0.15) is 35.6 Å². The monoisotopic (exact) mass is 374 g/mol. The standard InChI is InChI=1S/C19H18N8O/c1-27-17(7-16(26-27)14-4-5-14)25-19(28)24-15-6-12(8-21-11-15)2-3-13-9-22-18(20)23-10-13/h6-11,14H,4-5H2,1H3,(H2,20,22,23)(H2,24,25,28). The van der Waals surface area contributed by atoms with Crippen molar-refractivity contribution < 1.29 is 4.79 Å². The van der Waals surface area contributed by atoms with E-state index < -0.39 is 0 Å². The number of nitrogens with zero attached hydrogens (tertiary/aromatic N) is 5. The molecule has 0 aromatic carbocycles. The molecular weight excluding hydrogens is 356 g/mol. The predicted molar refractivity (Wildman–Crippen MR) is 104 cm³/mol. The fraction of sp³-hybridized carbons (Fsp3) is 0.211. The van der Waals surface area contributed by atoms with Crippen LogP contribution in [0.4, 0.5) is 22.2 Å². The molecule has 3 aromatic rings. The van der Waals surface area contributed by atoms with E-state index in [0.717, 1.165) is 18.5 Å². The maximum absolute atomic E-state index is 12.3. The van der Waals surface area contributed by atoms with Gasteiger partial charge in [-0.3, -0.25) is 15.0 Å². The van der Waals surface area contributed by atoms with Crippen LogP contribution in [0.3, 0.4) is 0 Å². The van der Waals surface area contributed by atoms with E-state index in [1.54, 1.807) is 42.6 Å². The molecule has 0 radical (unpaired) electrons. The van der Waals surface area contributed by atoms with Crippen LogP contribution in [0, 0.1) is 11.8 Å². The lowest BCUT2D eigenvalue weighted by atomic mass is 10.2. The van der Waals surface area contributed by atoms with E-state index >= 15 is 0 Å². The molecule has 1 aliphatic rings. The summed E-state index contributed by atoms with van der Waals surface area (Å²) in [6, 6.07) is 3.27. The Hall–Kier alpha value is -3.93. The van der Waals surface area contributed by atoms with Crippen LogP contribution in [0.2, 0.25) is 0 Å². The second-order valence-corrected chi connectivity index (χ2v) is 6.47. The van der Waals surface area contributed by atoms with E-state index in [0.29, 0.717) is 28.6 Å². The first-order valence-electron chi connectivity index (χ1n) is 8.73. The smallest absolute Gasteiger partial charge is 0.324 e. The number of anilines is 3. The molecule has 1 saturated carbocycles. The molecule has 0 spiro atoms. The third-order valence-electron chi connectivity index (χ3n) is 4.16. The van der Waals surface area contributed by atoms with Gasteiger partial charge in [-0.2, -0.15) is 5.10 Å². The van der Waals surface area contributed by atoms with Crippen LogP contribution in [0.25, 0.3) is 0 Å². The lowest BCUT2D eigenvalue weighted by Gasteiger charge is -2.07. The lowest BCUT2D eigenvalue weighted by Crippen LogP contribution is -2.21. The minimum atomic E-state index is -0.371. The first-order valence-corrected chi connectivity index (χ1v) is 8.73. The number of carbonyl (C=O) groups excluding carboxylic acids is 1. The van der Waals surface area contributed by atoms with Crippen LogP contribution in [-0.4, -0.2) is 30.8 Å². The molecule has 0 atom stereocenters. The zero-order chi connectivity index (χ0) is 19.5. The highest BCUT2D eigenvalue weighted by molar-refractivity contribution is 5.99. The first-order chi connectivity index (χ1) is 13.6. The average molecular weight is 374 g/mol. The Morgan fingerprint density at radius 1 is 1.11 bits per heavy atom. The molecule has 0 bridgehead atoms. The molecule has 9 nitrogen and oxygen atoms in total. The van der Waals surface area contributed by atoms with E-state index in [1.165, 1.54) is 0 Å². The normalized spacial score (nSPS) is 12.8. The fourth-order valence-electron chi connectivity index (χ4n) is 2.59. The zero-order valence-corrected chi connectivity index (χ0v) is 15.2. The highest BCUT2D eigenvalue weighted by Crippen LogP contribution is 2.39. The molecule has 4 N–H and O–H groups in total. The molecule has 28 heavy (non-hydrogen) atoms. The van der Waals surface area contributed by atoms with Crippen LogP contribution < -0.4 is 16.4 Å². The molecule has 0 saturated heterocycles. The maximum atomic E-state index is 12.3. The number of rotatable bonds is 3. The van der Waals surface area contributed by atoms with Gasteiger partial charge >= 0.3 is 6.03 Å². The van der Waals surface area contributed by atoms with Gasteiger partial charge in [-0.25, -0.2) is 14.8 Å². The molecule has 2 amide bonds. The minimum absolute atomic E-state index is 0.196. The van der Waals surface area contributed by atoms with E-state index in [1.807, 2.05) is 6.07 Å². The number of nitrogens with one attached hydrogen (secondary N) is 2. The molecular formula is C19H18N8O. The Kier molecular flexibility index (Phi) is 4.60. The van der Waals surface area contributed by atoms with E-state index in [2.05, 4.69) is 42.5 Å². The summed E-state index contributed by atoms with van der Waals surface area (Å²) in [5, 5.41) is 9.99.